The van der Waals surface area contributed by atoms with Crippen LogP contribution in [0, 0.1) is 5.82 Å². The topological polar surface area (TPSA) is 45.2 Å². The first-order chi connectivity index (χ1) is 11.6. The minimum atomic E-state index is -0.286. The number of nitrogens with zero attached hydrogens (tertiary/aromatic N) is 2. The van der Waals surface area contributed by atoms with Gasteiger partial charge < -0.3 is 10.2 Å². The van der Waals surface area contributed by atoms with Crippen molar-refractivity contribution in [3.8, 4) is 0 Å². The van der Waals surface area contributed by atoms with Crippen LogP contribution in [0.3, 0.4) is 0 Å². The molecule has 1 N–H and O–H groups in total. The lowest BCUT2D eigenvalue weighted by Gasteiger charge is -2.23. The van der Waals surface area contributed by atoms with Gasteiger partial charge >= 0.3 is 0 Å². The summed E-state index contributed by atoms with van der Waals surface area (Å²) in [4.78, 5) is 18.7. The number of carbonyl (C=O) groups is 1. The van der Waals surface area contributed by atoms with E-state index in [0.29, 0.717) is 12.2 Å². The lowest BCUT2D eigenvalue weighted by atomic mass is 10.2. The van der Waals surface area contributed by atoms with Gasteiger partial charge in [-0.3, -0.25) is 9.78 Å². The Morgan fingerprint density at radius 2 is 1.79 bits per heavy atom. The average molecular weight is 329 g/mol. The summed E-state index contributed by atoms with van der Waals surface area (Å²) in [6.07, 6.45) is 3.77. The molecule has 0 unspecified atom stereocenters. The van der Waals surface area contributed by atoms with Crippen LogP contribution in [-0.4, -0.2) is 24.0 Å². The number of nitrogens with one attached hydrogen (secondary N) is 1. The van der Waals surface area contributed by atoms with Gasteiger partial charge in [0.15, 0.2) is 0 Å². The summed E-state index contributed by atoms with van der Waals surface area (Å²) < 4.78 is 12.9. The van der Waals surface area contributed by atoms with Crippen LogP contribution in [0.1, 0.15) is 42.7 Å². The molecule has 0 aliphatic carbocycles. The van der Waals surface area contributed by atoms with E-state index in [1.54, 1.807) is 18.3 Å². The van der Waals surface area contributed by atoms with E-state index in [1.807, 2.05) is 12.1 Å². The quantitative estimate of drug-likeness (QED) is 0.802. The molecule has 0 bridgehead atoms. The maximum atomic E-state index is 12.9. The molecular formula is C19H24FN3O. The van der Waals surface area contributed by atoms with Crippen LogP contribution in [-0.2, 0) is 6.54 Å². The molecule has 2 rings (SSSR count). The minimum absolute atomic E-state index is 0.228. The highest BCUT2D eigenvalue weighted by Gasteiger charge is 2.11. The minimum Gasteiger partial charge on any atom is -0.371 e. The van der Waals surface area contributed by atoms with Crippen molar-refractivity contribution >= 4 is 11.6 Å². The molecule has 2 aromatic rings. The van der Waals surface area contributed by atoms with Crippen LogP contribution in [0.2, 0.25) is 0 Å². The Morgan fingerprint density at radius 3 is 2.42 bits per heavy atom. The van der Waals surface area contributed by atoms with E-state index in [1.165, 1.54) is 12.1 Å². The lowest BCUT2D eigenvalue weighted by molar-refractivity contribution is 0.0946. The van der Waals surface area contributed by atoms with E-state index >= 15 is 0 Å². The van der Waals surface area contributed by atoms with Crippen LogP contribution >= 0.6 is 0 Å². The monoisotopic (exact) mass is 329 g/mol. The van der Waals surface area contributed by atoms with Gasteiger partial charge in [-0.25, -0.2) is 4.39 Å². The number of halogens is 1. The first kappa shape index (κ1) is 17.9. The first-order valence-corrected chi connectivity index (χ1v) is 8.37. The Morgan fingerprint density at radius 1 is 1.12 bits per heavy atom. The van der Waals surface area contributed by atoms with E-state index < -0.39 is 0 Å². The van der Waals surface area contributed by atoms with Crippen molar-refractivity contribution in [1.82, 2.24) is 10.3 Å². The molecule has 5 heteroatoms. The Labute approximate surface area is 142 Å². The number of anilines is 1. The van der Waals surface area contributed by atoms with E-state index in [2.05, 4.69) is 29.0 Å². The fourth-order valence-corrected chi connectivity index (χ4v) is 2.53. The predicted octanol–water partition coefficient (Wildman–Crippen LogP) is 3.78. The second-order valence-electron chi connectivity index (χ2n) is 5.70. The molecule has 0 saturated carbocycles. The summed E-state index contributed by atoms with van der Waals surface area (Å²) in [6.45, 7) is 6.53. The number of aromatic nitrogens is 1. The molecule has 1 heterocycles. The van der Waals surface area contributed by atoms with Gasteiger partial charge in [0.25, 0.3) is 5.91 Å². The summed E-state index contributed by atoms with van der Waals surface area (Å²) in [5.41, 5.74) is 2.26. The highest BCUT2D eigenvalue weighted by molar-refractivity contribution is 5.93. The van der Waals surface area contributed by atoms with Crippen molar-refractivity contribution in [1.29, 1.82) is 0 Å². The van der Waals surface area contributed by atoms with Gasteiger partial charge in [0, 0.05) is 31.5 Å². The van der Waals surface area contributed by atoms with Crippen LogP contribution in [0.15, 0.2) is 42.6 Å². The molecule has 0 aliphatic heterocycles. The zero-order valence-corrected chi connectivity index (χ0v) is 14.3. The molecule has 0 spiro atoms. The van der Waals surface area contributed by atoms with Crippen molar-refractivity contribution < 1.29 is 9.18 Å². The predicted molar refractivity (Wildman–Crippen MR) is 94.6 cm³/mol. The normalized spacial score (nSPS) is 10.5. The molecule has 0 radical (unpaired) electrons. The molecule has 0 saturated heterocycles. The SMILES string of the molecule is CCCN(CCC)c1ccnc(C(=O)NCc2ccc(F)cc2)c1. The first-order valence-electron chi connectivity index (χ1n) is 8.37. The Kier molecular flexibility index (Phi) is 6.73. The average Bonchev–Trinajstić information content (AvgIpc) is 2.61. The molecule has 24 heavy (non-hydrogen) atoms. The van der Waals surface area contributed by atoms with E-state index in [-0.39, 0.29) is 11.7 Å². The molecule has 1 amide bonds. The van der Waals surface area contributed by atoms with Crippen LogP contribution < -0.4 is 10.2 Å². The number of carbonyl (C=O) groups excluding carboxylic acids is 1. The number of amides is 1. The Bertz CT molecular complexity index is 652. The lowest BCUT2D eigenvalue weighted by Crippen LogP contribution is -2.27. The maximum Gasteiger partial charge on any atom is 0.270 e. The second-order valence-corrected chi connectivity index (χ2v) is 5.70. The third-order valence-corrected chi connectivity index (χ3v) is 3.69. The Hall–Kier alpha value is -2.43. The standard InChI is InChI=1S/C19H24FN3O/c1-3-11-23(12-4-2)17-9-10-21-18(13-17)19(24)22-14-15-5-7-16(20)8-6-15/h5-10,13H,3-4,11-12,14H2,1-2H3,(H,22,24). The largest absolute Gasteiger partial charge is 0.371 e. The number of hydrogen-bond acceptors (Lipinski definition) is 3. The zero-order valence-electron chi connectivity index (χ0n) is 14.3. The van der Waals surface area contributed by atoms with Crippen molar-refractivity contribution in [2.75, 3.05) is 18.0 Å². The molecule has 0 aliphatic rings. The van der Waals surface area contributed by atoms with Gasteiger partial charge in [-0.2, -0.15) is 0 Å². The van der Waals surface area contributed by atoms with Gasteiger partial charge in [0.05, 0.1) is 0 Å². The maximum absolute atomic E-state index is 12.9. The van der Waals surface area contributed by atoms with Gasteiger partial charge in [0.1, 0.15) is 11.5 Å². The summed E-state index contributed by atoms with van der Waals surface area (Å²) in [5, 5.41) is 2.82. The molecule has 1 aromatic heterocycles. The third kappa shape index (κ3) is 5.05. The number of hydrogen-bond donors (Lipinski definition) is 1. The van der Waals surface area contributed by atoms with Crippen LogP contribution in [0.25, 0.3) is 0 Å². The highest BCUT2D eigenvalue weighted by Crippen LogP contribution is 2.15. The fraction of sp³-hybridized carbons (Fsp3) is 0.368. The summed E-state index contributed by atoms with van der Waals surface area (Å²) in [5.74, 6) is -0.513. The second kappa shape index (κ2) is 9.01. The van der Waals surface area contributed by atoms with Gasteiger partial charge in [0.2, 0.25) is 0 Å². The summed E-state index contributed by atoms with van der Waals surface area (Å²) in [6, 6.07) is 9.84. The fourth-order valence-electron chi connectivity index (χ4n) is 2.53. The number of benzene rings is 1. The molecular weight excluding hydrogens is 305 g/mol. The van der Waals surface area contributed by atoms with Crippen molar-refractivity contribution in [2.45, 2.75) is 33.2 Å². The smallest absolute Gasteiger partial charge is 0.270 e. The van der Waals surface area contributed by atoms with Crippen molar-refractivity contribution in [2.24, 2.45) is 0 Å². The third-order valence-electron chi connectivity index (χ3n) is 3.69. The van der Waals surface area contributed by atoms with Gasteiger partial charge in [-0.15, -0.1) is 0 Å². The van der Waals surface area contributed by atoms with Crippen LogP contribution in [0.4, 0.5) is 10.1 Å². The van der Waals surface area contributed by atoms with E-state index in [0.717, 1.165) is 37.2 Å². The van der Waals surface area contributed by atoms with Crippen molar-refractivity contribution in [3.05, 3.63) is 59.7 Å². The highest BCUT2D eigenvalue weighted by atomic mass is 19.1. The van der Waals surface area contributed by atoms with E-state index in [9.17, 15) is 9.18 Å². The Balaban J connectivity index is 2.03. The van der Waals surface area contributed by atoms with Gasteiger partial charge in [-0.05, 0) is 42.7 Å². The molecule has 128 valence electrons. The molecule has 4 nitrogen and oxygen atoms in total. The summed E-state index contributed by atoms with van der Waals surface area (Å²) >= 11 is 0. The molecule has 1 aromatic carbocycles. The van der Waals surface area contributed by atoms with Crippen LogP contribution in [0.5, 0.6) is 0 Å². The zero-order chi connectivity index (χ0) is 17.4. The number of rotatable bonds is 8. The van der Waals surface area contributed by atoms with Gasteiger partial charge in [-0.1, -0.05) is 26.0 Å². The van der Waals surface area contributed by atoms with Crippen molar-refractivity contribution in [3.63, 3.8) is 0 Å². The molecule has 0 fully saturated rings. The summed E-state index contributed by atoms with van der Waals surface area (Å²) in [7, 11) is 0. The van der Waals surface area contributed by atoms with E-state index in [4.69, 9.17) is 0 Å². The molecule has 0 atom stereocenters. The number of pyridine rings is 1.